The third kappa shape index (κ3) is 3.27. The Morgan fingerprint density at radius 1 is 1.06 bits per heavy atom. The van der Waals surface area contributed by atoms with Gasteiger partial charge in [-0.15, -0.1) is 12.3 Å². The number of halogens is 1. The predicted octanol–water partition coefficient (Wildman–Crippen LogP) is 4.31. The van der Waals surface area contributed by atoms with Crippen molar-refractivity contribution in [2.75, 3.05) is 0 Å². The molecule has 17 heavy (non-hydrogen) atoms. The molecular formula is C15H11ClO. The van der Waals surface area contributed by atoms with E-state index in [1.807, 2.05) is 36.4 Å². The predicted molar refractivity (Wildman–Crippen MR) is 70.5 cm³/mol. The fourth-order valence-electron chi connectivity index (χ4n) is 1.48. The number of hydrogen-bond acceptors (Lipinski definition) is 1. The highest BCUT2D eigenvalue weighted by Gasteiger charge is 1.98. The van der Waals surface area contributed by atoms with Crippen LogP contribution in [0.2, 0.25) is 5.02 Å². The summed E-state index contributed by atoms with van der Waals surface area (Å²) in [5.74, 6) is 4.14. The van der Waals surface area contributed by atoms with Crippen LogP contribution in [-0.4, -0.2) is 0 Å². The number of ether oxygens (including phenoxy) is 1. The largest absolute Gasteiger partial charge is 0.457 e. The summed E-state index contributed by atoms with van der Waals surface area (Å²) in [7, 11) is 0. The minimum absolute atomic E-state index is 0.609. The second-order valence-corrected chi connectivity index (χ2v) is 4.02. The molecule has 0 saturated carbocycles. The molecule has 0 saturated heterocycles. The molecule has 2 heteroatoms. The molecule has 2 aromatic rings. The van der Waals surface area contributed by atoms with Gasteiger partial charge in [-0.3, -0.25) is 0 Å². The van der Waals surface area contributed by atoms with Crippen LogP contribution >= 0.6 is 11.6 Å². The average Bonchev–Trinajstić information content (AvgIpc) is 2.33. The van der Waals surface area contributed by atoms with Crippen LogP contribution in [-0.2, 0) is 6.42 Å². The molecule has 0 bridgehead atoms. The van der Waals surface area contributed by atoms with Crippen LogP contribution in [0.25, 0.3) is 0 Å². The van der Waals surface area contributed by atoms with E-state index in [0.29, 0.717) is 11.4 Å². The maximum atomic E-state index is 5.80. The molecule has 0 aliphatic carbocycles. The van der Waals surface area contributed by atoms with Gasteiger partial charge in [-0.05, 0) is 42.0 Å². The van der Waals surface area contributed by atoms with Gasteiger partial charge in [0.15, 0.2) is 0 Å². The SMILES string of the molecule is C#CCc1cccc(Oc2ccc(Cl)cc2)c1. The van der Waals surface area contributed by atoms with Gasteiger partial charge >= 0.3 is 0 Å². The summed E-state index contributed by atoms with van der Waals surface area (Å²) in [6.07, 6.45) is 5.88. The number of hydrogen-bond donors (Lipinski definition) is 0. The van der Waals surface area contributed by atoms with E-state index in [2.05, 4.69) is 5.92 Å². The van der Waals surface area contributed by atoms with E-state index >= 15 is 0 Å². The molecule has 2 aromatic carbocycles. The highest BCUT2D eigenvalue weighted by Crippen LogP contribution is 2.23. The van der Waals surface area contributed by atoms with Crippen LogP contribution < -0.4 is 4.74 Å². The van der Waals surface area contributed by atoms with Crippen LogP contribution in [0.15, 0.2) is 48.5 Å². The fourth-order valence-corrected chi connectivity index (χ4v) is 1.60. The van der Waals surface area contributed by atoms with Gasteiger partial charge in [-0.1, -0.05) is 23.7 Å². The Bertz CT molecular complexity index is 538. The molecule has 84 valence electrons. The van der Waals surface area contributed by atoms with Crippen LogP contribution in [0.3, 0.4) is 0 Å². The second-order valence-electron chi connectivity index (χ2n) is 3.58. The van der Waals surface area contributed by atoms with E-state index in [4.69, 9.17) is 22.8 Å². The molecule has 0 aliphatic rings. The third-order valence-corrected chi connectivity index (χ3v) is 2.51. The minimum atomic E-state index is 0.609. The van der Waals surface area contributed by atoms with Crippen molar-refractivity contribution in [3.05, 3.63) is 59.1 Å². The molecule has 0 radical (unpaired) electrons. The first-order valence-corrected chi connectivity index (χ1v) is 5.61. The fraction of sp³-hybridized carbons (Fsp3) is 0.0667. The van der Waals surface area contributed by atoms with Crippen molar-refractivity contribution >= 4 is 11.6 Å². The molecule has 0 atom stereocenters. The second kappa shape index (κ2) is 5.43. The normalized spacial score (nSPS) is 9.65. The Kier molecular flexibility index (Phi) is 3.69. The smallest absolute Gasteiger partial charge is 0.127 e. The van der Waals surface area contributed by atoms with Gasteiger partial charge < -0.3 is 4.74 Å². The summed E-state index contributed by atoms with van der Waals surface area (Å²) in [5.41, 5.74) is 1.07. The Hall–Kier alpha value is -1.91. The molecular weight excluding hydrogens is 232 g/mol. The summed E-state index contributed by atoms with van der Waals surface area (Å²) < 4.78 is 5.69. The highest BCUT2D eigenvalue weighted by atomic mass is 35.5. The molecule has 0 aromatic heterocycles. The molecule has 2 rings (SSSR count). The monoisotopic (exact) mass is 242 g/mol. The van der Waals surface area contributed by atoms with E-state index in [9.17, 15) is 0 Å². The van der Waals surface area contributed by atoms with Crippen molar-refractivity contribution in [3.8, 4) is 23.8 Å². The lowest BCUT2D eigenvalue weighted by Crippen LogP contribution is -1.86. The van der Waals surface area contributed by atoms with E-state index in [-0.39, 0.29) is 0 Å². The van der Waals surface area contributed by atoms with Gasteiger partial charge in [0.1, 0.15) is 11.5 Å². The van der Waals surface area contributed by atoms with E-state index in [0.717, 1.165) is 17.1 Å². The summed E-state index contributed by atoms with van der Waals surface area (Å²) in [6, 6.07) is 15.0. The molecule has 0 heterocycles. The van der Waals surface area contributed by atoms with Crippen LogP contribution in [0.4, 0.5) is 0 Å². The van der Waals surface area contributed by atoms with E-state index in [1.165, 1.54) is 0 Å². The van der Waals surface area contributed by atoms with Crippen LogP contribution in [0.1, 0.15) is 5.56 Å². The molecule has 0 amide bonds. The van der Waals surface area contributed by atoms with Crippen molar-refractivity contribution < 1.29 is 4.74 Å². The standard InChI is InChI=1S/C15H11ClO/c1-2-4-12-5-3-6-15(11-12)17-14-9-7-13(16)8-10-14/h1,3,5-11H,4H2. The number of terminal acetylenes is 1. The van der Waals surface area contributed by atoms with Crippen LogP contribution in [0.5, 0.6) is 11.5 Å². The number of benzene rings is 2. The summed E-state index contributed by atoms with van der Waals surface area (Å²) in [5, 5.41) is 0.693. The van der Waals surface area contributed by atoms with Crippen molar-refractivity contribution in [2.24, 2.45) is 0 Å². The maximum Gasteiger partial charge on any atom is 0.127 e. The lowest BCUT2D eigenvalue weighted by molar-refractivity contribution is 0.482. The van der Waals surface area contributed by atoms with Crippen LogP contribution in [0, 0.1) is 12.3 Å². The van der Waals surface area contributed by atoms with E-state index < -0.39 is 0 Å². The first kappa shape index (κ1) is 11.6. The van der Waals surface area contributed by atoms with Crippen molar-refractivity contribution in [1.29, 1.82) is 0 Å². The van der Waals surface area contributed by atoms with Gasteiger partial charge in [-0.2, -0.15) is 0 Å². The Balaban J connectivity index is 2.16. The zero-order chi connectivity index (χ0) is 12.1. The summed E-state index contributed by atoms with van der Waals surface area (Å²) in [4.78, 5) is 0. The summed E-state index contributed by atoms with van der Waals surface area (Å²) in [6.45, 7) is 0. The molecule has 0 unspecified atom stereocenters. The lowest BCUT2D eigenvalue weighted by Gasteiger charge is -2.06. The third-order valence-electron chi connectivity index (χ3n) is 2.25. The zero-order valence-corrected chi connectivity index (χ0v) is 9.95. The topological polar surface area (TPSA) is 9.23 Å². The quantitative estimate of drug-likeness (QED) is 0.729. The van der Waals surface area contributed by atoms with Gasteiger partial charge in [0.2, 0.25) is 0 Å². The zero-order valence-electron chi connectivity index (χ0n) is 9.19. The average molecular weight is 243 g/mol. The Morgan fingerprint density at radius 3 is 2.53 bits per heavy atom. The molecule has 0 spiro atoms. The van der Waals surface area contributed by atoms with Gasteiger partial charge in [0.05, 0.1) is 0 Å². The first-order chi connectivity index (χ1) is 8.28. The van der Waals surface area contributed by atoms with Crippen molar-refractivity contribution in [3.63, 3.8) is 0 Å². The first-order valence-electron chi connectivity index (χ1n) is 5.24. The molecule has 1 nitrogen and oxygen atoms in total. The highest BCUT2D eigenvalue weighted by molar-refractivity contribution is 6.30. The maximum absolute atomic E-state index is 5.80. The van der Waals surface area contributed by atoms with E-state index in [1.54, 1.807) is 12.1 Å². The van der Waals surface area contributed by atoms with Gasteiger partial charge in [-0.25, -0.2) is 0 Å². The summed E-state index contributed by atoms with van der Waals surface area (Å²) >= 11 is 5.80. The molecule has 0 fully saturated rings. The minimum Gasteiger partial charge on any atom is -0.457 e. The Morgan fingerprint density at radius 2 is 1.82 bits per heavy atom. The van der Waals surface area contributed by atoms with Crippen molar-refractivity contribution in [2.45, 2.75) is 6.42 Å². The Labute approximate surface area is 106 Å². The lowest BCUT2D eigenvalue weighted by atomic mass is 10.1. The molecule has 0 aliphatic heterocycles. The van der Waals surface area contributed by atoms with Gasteiger partial charge in [0.25, 0.3) is 0 Å². The van der Waals surface area contributed by atoms with Crippen molar-refractivity contribution in [1.82, 2.24) is 0 Å². The number of rotatable bonds is 3. The molecule has 0 N–H and O–H groups in total. The van der Waals surface area contributed by atoms with Gasteiger partial charge in [0, 0.05) is 11.4 Å².